The van der Waals surface area contributed by atoms with Gasteiger partial charge in [0.25, 0.3) is 5.91 Å². The lowest BCUT2D eigenvalue weighted by Crippen LogP contribution is -2.63. The topological polar surface area (TPSA) is 142 Å². The van der Waals surface area contributed by atoms with Crippen LogP contribution in [0.5, 0.6) is 0 Å². The van der Waals surface area contributed by atoms with Crippen molar-refractivity contribution in [2.24, 2.45) is 17.6 Å². The first-order chi connectivity index (χ1) is 16.2. The highest BCUT2D eigenvalue weighted by molar-refractivity contribution is 7.99. The van der Waals surface area contributed by atoms with Gasteiger partial charge in [0.05, 0.1) is 22.9 Å². The fraction of sp³-hybridized carbons (Fsp3) is 0.318. The largest absolute Gasteiger partial charge is 0.477 e. The number of aliphatic hydroxyl groups is 1. The molecule has 0 saturated carbocycles. The minimum absolute atomic E-state index is 0.0200. The number of carbonyl (C=O) groups excluding carboxylic acids is 2. The van der Waals surface area contributed by atoms with E-state index in [4.69, 9.17) is 5.73 Å². The molecule has 0 spiro atoms. The molecule has 3 aromatic heterocycles. The summed E-state index contributed by atoms with van der Waals surface area (Å²) in [5.41, 5.74) is 5.93. The predicted octanol–water partition coefficient (Wildman–Crippen LogP) is 0.973. The predicted molar refractivity (Wildman–Crippen MR) is 123 cm³/mol. The van der Waals surface area contributed by atoms with Crippen LogP contribution in [0.4, 0.5) is 0 Å². The zero-order valence-corrected chi connectivity index (χ0v) is 19.9. The number of nitrogens with zero attached hydrogens (tertiary/aromatic N) is 4. The average Bonchev–Trinajstić information content (AvgIpc) is 3.39. The number of aliphatic carboxylic acids is 1. The number of carboxylic acid groups (broad SMARTS) is 1. The molecule has 12 heteroatoms. The summed E-state index contributed by atoms with van der Waals surface area (Å²) in [6.07, 6.45) is 4.39. The van der Waals surface area contributed by atoms with Crippen molar-refractivity contribution in [3.05, 3.63) is 47.5 Å². The third-order valence-electron chi connectivity index (χ3n) is 6.25. The van der Waals surface area contributed by atoms with Crippen LogP contribution in [0.2, 0.25) is 0 Å². The van der Waals surface area contributed by atoms with Gasteiger partial charge in [0.1, 0.15) is 21.9 Å². The lowest BCUT2D eigenvalue weighted by atomic mass is 9.77. The third-order valence-corrected chi connectivity index (χ3v) is 8.59. The molecule has 34 heavy (non-hydrogen) atoms. The Morgan fingerprint density at radius 2 is 2.15 bits per heavy atom. The summed E-state index contributed by atoms with van der Waals surface area (Å²) in [5.74, 6) is -2.83. The van der Waals surface area contributed by atoms with Gasteiger partial charge in [0.2, 0.25) is 17.5 Å². The van der Waals surface area contributed by atoms with Crippen LogP contribution in [0, 0.1) is 11.8 Å². The monoisotopic (exact) mass is 500 g/mol. The van der Waals surface area contributed by atoms with E-state index >= 15 is 0 Å². The number of β-lactam (4-membered cyclic amide) rings is 1. The highest BCUT2D eigenvalue weighted by Crippen LogP contribution is 2.51. The SMILES string of the molecule is C[C@@H](O)[C@H]1C(=O)N2C(C(=O)O)=C(c3cn4cnc(Sc5cccc[n+]5CC(N)=O)c4s3)[C@H](C)[C@H]12. The standard InChI is InChI=1S/C22H21N5O5S2/c1-10-15(18(22(31)32)27-17(10)16(11(2)28)20(27)30)12-7-26-9-24-19(21(26)33-12)34-14-5-3-4-6-25(14)8-13(23)29/h3-7,9-11,16-17,28H,8H2,1-2H3,(H2-,23,29,31,32)/p+1/t10-,11+,16+,17+/m0/s1. The van der Waals surface area contributed by atoms with Crippen LogP contribution in [0.1, 0.15) is 18.7 Å². The maximum absolute atomic E-state index is 12.6. The highest BCUT2D eigenvalue weighted by atomic mass is 32.2. The number of primary amides is 1. The fourth-order valence-corrected chi connectivity index (χ4v) is 7.06. The summed E-state index contributed by atoms with van der Waals surface area (Å²) in [4.78, 5) is 43.6. The third kappa shape index (κ3) is 3.40. The number of hydrogen-bond acceptors (Lipinski definition) is 7. The van der Waals surface area contributed by atoms with Gasteiger partial charge >= 0.3 is 5.97 Å². The Kier molecular flexibility index (Phi) is 5.46. The van der Waals surface area contributed by atoms with E-state index in [2.05, 4.69) is 4.98 Å². The van der Waals surface area contributed by atoms with E-state index < -0.39 is 23.9 Å². The van der Waals surface area contributed by atoms with Crippen molar-refractivity contribution in [3.8, 4) is 0 Å². The number of pyridine rings is 1. The van der Waals surface area contributed by atoms with Crippen molar-refractivity contribution in [1.29, 1.82) is 0 Å². The van der Waals surface area contributed by atoms with E-state index in [0.29, 0.717) is 10.6 Å². The minimum Gasteiger partial charge on any atom is -0.477 e. The van der Waals surface area contributed by atoms with Crippen LogP contribution in [0.15, 0.2) is 52.7 Å². The number of aromatic nitrogens is 3. The molecule has 176 valence electrons. The van der Waals surface area contributed by atoms with Crippen molar-refractivity contribution < 1.29 is 29.2 Å². The van der Waals surface area contributed by atoms with Gasteiger partial charge in [-0.15, -0.1) is 11.3 Å². The Labute approximate surface area is 202 Å². The number of hydrogen-bond donors (Lipinski definition) is 3. The summed E-state index contributed by atoms with van der Waals surface area (Å²) < 4.78 is 3.57. The second kappa shape index (κ2) is 8.22. The molecule has 2 aliphatic heterocycles. The van der Waals surface area contributed by atoms with Crippen LogP contribution in [0.3, 0.4) is 0 Å². The molecule has 4 N–H and O–H groups in total. The van der Waals surface area contributed by atoms with Crippen molar-refractivity contribution in [1.82, 2.24) is 14.3 Å². The second-order valence-corrected chi connectivity index (χ2v) is 10.5. The van der Waals surface area contributed by atoms with Gasteiger partial charge in [0, 0.05) is 41.6 Å². The molecule has 1 saturated heterocycles. The first-order valence-corrected chi connectivity index (χ1v) is 12.2. The van der Waals surface area contributed by atoms with E-state index in [9.17, 15) is 24.6 Å². The number of aliphatic hydroxyl groups excluding tert-OH is 1. The van der Waals surface area contributed by atoms with Gasteiger partial charge in [-0.05, 0) is 13.0 Å². The smallest absolute Gasteiger partial charge is 0.352 e. The lowest BCUT2D eigenvalue weighted by Gasteiger charge is -2.46. The minimum atomic E-state index is -1.16. The van der Waals surface area contributed by atoms with E-state index in [0.717, 1.165) is 14.7 Å². The molecule has 10 nitrogen and oxygen atoms in total. The summed E-state index contributed by atoms with van der Waals surface area (Å²) >= 11 is 2.77. The summed E-state index contributed by atoms with van der Waals surface area (Å²) in [5, 5.41) is 21.5. The van der Waals surface area contributed by atoms with Crippen molar-refractivity contribution in [3.63, 3.8) is 0 Å². The maximum atomic E-state index is 12.6. The van der Waals surface area contributed by atoms with Crippen molar-refractivity contribution in [2.75, 3.05) is 0 Å². The zero-order valence-electron chi connectivity index (χ0n) is 18.3. The Hall–Kier alpha value is -3.22. The molecule has 0 aliphatic carbocycles. The number of imidazole rings is 1. The molecule has 0 bridgehead atoms. The van der Waals surface area contributed by atoms with Crippen LogP contribution < -0.4 is 10.3 Å². The summed E-state index contributed by atoms with van der Waals surface area (Å²) in [6, 6.07) is 5.16. The molecule has 2 aliphatic rings. The second-order valence-electron chi connectivity index (χ2n) is 8.41. The van der Waals surface area contributed by atoms with E-state index in [1.807, 2.05) is 35.7 Å². The molecule has 0 aromatic carbocycles. The highest BCUT2D eigenvalue weighted by Gasteiger charge is 2.60. The lowest BCUT2D eigenvalue weighted by molar-refractivity contribution is -0.720. The van der Waals surface area contributed by atoms with Gasteiger partial charge in [-0.2, -0.15) is 4.57 Å². The Morgan fingerprint density at radius 1 is 1.38 bits per heavy atom. The molecular formula is C22H22N5O5S2+. The average molecular weight is 501 g/mol. The van der Waals surface area contributed by atoms with Gasteiger partial charge in [0.15, 0.2) is 6.20 Å². The number of fused-ring (bicyclic) bond motifs is 2. The van der Waals surface area contributed by atoms with Crippen LogP contribution >= 0.6 is 23.1 Å². The quantitative estimate of drug-likeness (QED) is 0.324. The molecular weight excluding hydrogens is 478 g/mol. The zero-order chi connectivity index (χ0) is 24.3. The Balaban J connectivity index is 1.53. The van der Waals surface area contributed by atoms with E-state index in [1.165, 1.54) is 28.0 Å². The van der Waals surface area contributed by atoms with Gasteiger partial charge in [-0.25, -0.2) is 9.78 Å². The molecule has 0 radical (unpaired) electrons. The molecule has 4 atom stereocenters. The number of thiazole rings is 1. The van der Waals surface area contributed by atoms with E-state index in [1.54, 1.807) is 24.0 Å². The Bertz CT molecular complexity index is 1380. The molecule has 5 rings (SSSR count). The van der Waals surface area contributed by atoms with Gasteiger partial charge in [-0.1, -0.05) is 6.92 Å². The number of rotatable bonds is 7. The molecule has 3 aromatic rings. The van der Waals surface area contributed by atoms with Crippen LogP contribution in [-0.4, -0.2) is 54.4 Å². The molecule has 0 unspecified atom stereocenters. The summed E-state index contributed by atoms with van der Waals surface area (Å²) in [6.45, 7) is 3.49. The van der Waals surface area contributed by atoms with Gasteiger partial charge < -0.3 is 20.8 Å². The normalized spacial score (nSPS) is 22.7. The number of amides is 2. The van der Waals surface area contributed by atoms with Crippen LogP contribution in [0.25, 0.3) is 10.4 Å². The number of nitrogens with two attached hydrogens (primary N) is 1. The molecule has 1 fully saturated rings. The fourth-order valence-electron chi connectivity index (χ4n) is 4.82. The first kappa shape index (κ1) is 22.6. The summed E-state index contributed by atoms with van der Waals surface area (Å²) in [7, 11) is 0. The van der Waals surface area contributed by atoms with E-state index in [-0.39, 0.29) is 30.1 Å². The maximum Gasteiger partial charge on any atom is 0.352 e. The van der Waals surface area contributed by atoms with Gasteiger partial charge in [-0.3, -0.25) is 14.0 Å². The molecule has 2 amide bonds. The van der Waals surface area contributed by atoms with Crippen molar-refractivity contribution >= 4 is 51.3 Å². The van der Waals surface area contributed by atoms with Crippen molar-refractivity contribution in [2.45, 2.75) is 42.6 Å². The number of carboxylic acids is 1. The number of carbonyl (C=O) groups is 3. The van der Waals surface area contributed by atoms with Crippen LogP contribution in [-0.2, 0) is 20.9 Å². The Morgan fingerprint density at radius 3 is 2.82 bits per heavy atom. The first-order valence-electron chi connectivity index (χ1n) is 10.6. The molecule has 5 heterocycles.